The standard InChI is InChI=1S/C16H31N3O3S/c1-4-11-23(21,22)19-9-6-5-7-13(19)15(20)18-10-8-14(17)16(2,3)12-18/h13-14H,4-12,17H2,1-3H3. The number of likely N-dealkylation sites (tertiary alicyclic amines) is 1. The first kappa shape index (κ1) is 18.7. The molecule has 0 bridgehead atoms. The van der Waals surface area contributed by atoms with Gasteiger partial charge >= 0.3 is 0 Å². The van der Waals surface area contributed by atoms with E-state index in [1.54, 1.807) is 0 Å². The molecule has 0 aromatic heterocycles. The Morgan fingerprint density at radius 3 is 2.52 bits per heavy atom. The number of carbonyl (C=O) groups excluding carboxylic acids is 1. The number of hydrogen-bond acceptors (Lipinski definition) is 4. The topological polar surface area (TPSA) is 83.7 Å². The first-order valence-corrected chi connectivity index (χ1v) is 10.3. The smallest absolute Gasteiger partial charge is 0.241 e. The molecule has 2 rings (SSSR count). The first-order chi connectivity index (χ1) is 10.7. The van der Waals surface area contributed by atoms with E-state index in [9.17, 15) is 13.2 Å². The number of hydrogen-bond donors (Lipinski definition) is 1. The summed E-state index contributed by atoms with van der Waals surface area (Å²) in [6, 6.07) is -0.441. The third kappa shape index (κ3) is 4.06. The van der Waals surface area contributed by atoms with Crippen LogP contribution in [0.15, 0.2) is 0 Å². The zero-order valence-corrected chi connectivity index (χ0v) is 15.4. The van der Waals surface area contributed by atoms with E-state index in [2.05, 4.69) is 13.8 Å². The van der Waals surface area contributed by atoms with Gasteiger partial charge in [0, 0.05) is 25.7 Å². The van der Waals surface area contributed by atoms with Crippen molar-refractivity contribution >= 4 is 15.9 Å². The summed E-state index contributed by atoms with van der Waals surface area (Å²) in [7, 11) is -3.34. The lowest BCUT2D eigenvalue weighted by molar-refractivity contribution is -0.139. The lowest BCUT2D eigenvalue weighted by atomic mass is 9.79. The molecule has 23 heavy (non-hydrogen) atoms. The molecule has 0 aromatic carbocycles. The molecule has 2 N–H and O–H groups in total. The summed E-state index contributed by atoms with van der Waals surface area (Å²) in [5.41, 5.74) is 6.02. The monoisotopic (exact) mass is 345 g/mol. The van der Waals surface area contributed by atoms with Crippen LogP contribution in [-0.4, -0.2) is 61.0 Å². The molecule has 2 atom stereocenters. The van der Waals surface area contributed by atoms with Crippen molar-refractivity contribution in [1.29, 1.82) is 0 Å². The fraction of sp³-hybridized carbons (Fsp3) is 0.938. The number of amides is 1. The summed E-state index contributed by atoms with van der Waals surface area (Å²) in [5, 5.41) is 0. The molecule has 0 saturated carbocycles. The van der Waals surface area contributed by atoms with Gasteiger partial charge in [0.2, 0.25) is 15.9 Å². The van der Waals surface area contributed by atoms with Crippen molar-refractivity contribution < 1.29 is 13.2 Å². The van der Waals surface area contributed by atoms with Crippen LogP contribution in [0.4, 0.5) is 0 Å². The minimum absolute atomic E-state index is 0.0376. The highest BCUT2D eigenvalue weighted by Gasteiger charge is 2.42. The predicted octanol–water partition coefficient (Wildman–Crippen LogP) is 1.17. The molecule has 7 heteroatoms. The van der Waals surface area contributed by atoms with Crippen molar-refractivity contribution in [3.05, 3.63) is 0 Å². The van der Waals surface area contributed by atoms with Crippen LogP contribution in [0, 0.1) is 5.41 Å². The molecular weight excluding hydrogens is 314 g/mol. The van der Waals surface area contributed by atoms with E-state index in [0.717, 1.165) is 19.3 Å². The summed E-state index contributed by atoms with van der Waals surface area (Å²) < 4.78 is 26.5. The van der Waals surface area contributed by atoms with E-state index in [0.29, 0.717) is 32.5 Å². The van der Waals surface area contributed by atoms with Crippen LogP contribution in [-0.2, 0) is 14.8 Å². The molecule has 2 saturated heterocycles. The van der Waals surface area contributed by atoms with Crippen molar-refractivity contribution in [3.63, 3.8) is 0 Å². The van der Waals surface area contributed by atoms with Crippen LogP contribution in [0.3, 0.4) is 0 Å². The molecule has 2 aliphatic rings. The molecule has 0 aliphatic carbocycles. The maximum absolute atomic E-state index is 13.0. The Labute approximate surface area is 140 Å². The summed E-state index contributed by atoms with van der Waals surface area (Å²) >= 11 is 0. The average Bonchev–Trinajstić information content (AvgIpc) is 2.49. The van der Waals surface area contributed by atoms with E-state index < -0.39 is 16.1 Å². The van der Waals surface area contributed by atoms with Gasteiger partial charge in [0.1, 0.15) is 6.04 Å². The van der Waals surface area contributed by atoms with E-state index in [-0.39, 0.29) is 23.1 Å². The van der Waals surface area contributed by atoms with Gasteiger partial charge in [-0.3, -0.25) is 4.79 Å². The van der Waals surface area contributed by atoms with Crippen LogP contribution in [0.2, 0.25) is 0 Å². The van der Waals surface area contributed by atoms with E-state index in [1.807, 2.05) is 11.8 Å². The summed E-state index contributed by atoms with van der Waals surface area (Å²) in [4.78, 5) is 14.8. The molecule has 2 heterocycles. The molecule has 2 aliphatic heterocycles. The van der Waals surface area contributed by atoms with Crippen molar-refractivity contribution in [2.75, 3.05) is 25.4 Å². The Morgan fingerprint density at radius 2 is 1.91 bits per heavy atom. The van der Waals surface area contributed by atoms with Gasteiger partial charge < -0.3 is 10.6 Å². The van der Waals surface area contributed by atoms with E-state index in [1.165, 1.54) is 4.31 Å². The quantitative estimate of drug-likeness (QED) is 0.829. The third-order valence-electron chi connectivity index (χ3n) is 5.18. The van der Waals surface area contributed by atoms with Gasteiger partial charge in [-0.1, -0.05) is 27.2 Å². The lowest BCUT2D eigenvalue weighted by Crippen LogP contribution is -2.59. The second-order valence-corrected chi connectivity index (χ2v) is 9.62. The Hall–Kier alpha value is -0.660. The van der Waals surface area contributed by atoms with E-state index in [4.69, 9.17) is 5.73 Å². The Bertz CT molecular complexity index is 533. The molecule has 134 valence electrons. The third-order valence-corrected chi connectivity index (χ3v) is 7.26. The van der Waals surface area contributed by atoms with Gasteiger partial charge in [-0.05, 0) is 31.1 Å². The fourth-order valence-corrected chi connectivity index (χ4v) is 5.37. The van der Waals surface area contributed by atoms with Crippen LogP contribution in [0.1, 0.15) is 52.9 Å². The summed E-state index contributed by atoms with van der Waals surface area (Å²) in [6.45, 7) is 7.70. The van der Waals surface area contributed by atoms with Crippen LogP contribution in [0.25, 0.3) is 0 Å². The maximum Gasteiger partial charge on any atom is 0.241 e. The zero-order valence-electron chi connectivity index (χ0n) is 14.6. The highest BCUT2D eigenvalue weighted by Crippen LogP contribution is 2.30. The number of nitrogens with two attached hydrogens (primary N) is 1. The molecule has 2 unspecified atom stereocenters. The molecule has 0 radical (unpaired) electrons. The second-order valence-electron chi connectivity index (χ2n) is 7.58. The van der Waals surface area contributed by atoms with Gasteiger partial charge in [-0.2, -0.15) is 4.31 Å². The number of carbonyl (C=O) groups is 1. The lowest BCUT2D eigenvalue weighted by Gasteiger charge is -2.45. The molecule has 2 fully saturated rings. The largest absolute Gasteiger partial charge is 0.341 e. The zero-order chi connectivity index (χ0) is 17.3. The second kappa shape index (κ2) is 7.07. The van der Waals surface area contributed by atoms with Crippen molar-refractivity contribution in [2.24, 2.45) is 11.1 Å². The van der Waals surface area contributed by atoms with Gasteiger partial charge in [-0.25, -0.2) is 8.42 Å². The van der Waals surface area contributed by atoms with Gasteiger partial charge in [0.15, 0.2) is 0 Å². The molecular formula is C16H31N3O3S. The van der Waals surface area contributed by atoms with Crippen LogP contribution < -0.4 is 5.73 Å². The highest BCUT2D eigenvalue weighted by molar-refractivity contribution is 7.89. The van der Waals surface area contributed by atoms with Gasteiger partial charge in [0.25, 0.3) is 0 Å². The SMILES string of the molecule is CCCS(=O)(=O)N1CCCCC1C(=O)N1CCC(N)C(C)(C)C1. The minimum atomic E-state index is -3.34. The first-order valence-electron chi connectivity index (χ1n) is 8.73. The number of nitrogens with zero attached hydrogens (tertiary/aromatic N) is 2. The number of sulfonamides is 1. The highest BCUT2D eigenvalue weighted by atomic mass is 32.2. The Balaban J connectivity index is 2.16. The van der Waals surface area contributed by atoms with Crippen molar-refractivity contribution in [3.8, 4) is 0 Å². The summed E-state index contributed by atoms with van der Waals surface area (Å²) in [6.07, 6.45) is 3.72. The number of rotatable bonds is 4. The van der Waals surface area contributed by atoms with Crippen LogP contribution >= 0.6 is 0 Å². The average molecular weight is 346 g/mol. The molecule has 1 amide bonds. The number of piperidine rings is 2. The fourth-order valence-electron chi connectivity index (χ4n) is 3.63. The van der Waals surface area contributed by atoms with E-state index >= 15 is 0 Å². The minimum Gasteiger partial charge on any atom is -0.341 e. The Morgan fingerprint density at radius 1 is 1.22 bits per heavy atom. The van der Waals surface area contributed by atoms with Crippen molar-refractivity contribution in [2.45, 2.75) is 65.0 Å². The van der Waals surface area contributed by atoms with Gasteiger partial charge in [0.05, 0.1) is 5.75 Å². The van der Waals surface area contributed by atoms with Crippen molar-refractivity contribution in [1.82, 2.24) is 9.21 Å². The normalized spacial score (nSPS) is 29.5. The predicted molar refractivity (Wildman–Crippen MR) is 91.4 cm³/mol. The van der Waals surface area contributed by atoms with Gasteiger partial charge in [-0.15, -0.1) is 0 Å². The molecule has 0 spiro atoms. The Kier molecular flexibility index (Phi) is 5.74. The molecule has 6 nitrogen and oxygen atoms in total. The van der Waals surface area contributed by atoms with Crippen LogP contribution in [0.5, 0.6) is 0 Å². The maximum atomic E-state index is 13.0. The molecule has 0 aromatic rings. The summed E-state index contributed by atoms with van der Waals surface area (Å²) in [5.74, 6) is 0.0806.